The van der Waals surface area contributed by atoms with Gasteiger partial charge in [0.05, 0.1) is 23.6 Å². The number of carbonyl (C=O) groups excluding carboxylic acids is 2. The van der Waals surface area contributed by atoms with Crippen LogP contribution >= 0.6 is 0 Å². The summed E-state index contributed by atoms with van der Waals surface area (Å²) >= 11 is 0. The summed E-state index contributed by atoms with van der Waals surface area (Å²) in [6, 6.07) is 9.53. The molecule has 7 nitrogen and oxygen atoms in total. The van der Waals surface area contributed by atoms with Gasteiger partial charge in [0.25, 0.3) is 0 Å². The number of piperazine rings is 1. The normalized spacial score (nSPS) is 29.2. The molecule has 3 fully saturated rings. The Labute approximate surface area is 167 Å². The molecular formula is C21H31N5O2. The highest BCUT2D eigenvalue weighted by atomic mass is 16.2. The Morgan fingerprint density at radius 1 is 1.00 bits per heavy atom. The summed E-state index contributed by atoms with van der Waals surface area (Å²) in [4.78, 5) is 33.2. The van der Waals surface area contributed by atoms with Gasteiger partial charge in [-0.2, -0.15) is 0 Å². The van der Waals surface area contributed by atoms with Gasteiger partial charge in [-0.05, 0) is 25.2 Å². The monoisotopic (exact) mass is 385 g/mol. The van der Waals surface area contributed by atoms with Gasteiger partial charge in [0.1, 0.15) is 0 Å². The summed E-state index contributed by atoms with van der Waals surface area (Å²) in [5.74, 6) is -0.105. The van der Waals surface area contributed by atoms with Gasteiger partial charge in [0, 0.05) is 39.3 Å². The van der Waals surface area contributed by atoms with E-state index in [1.54, 1.807) is 5.01 Å². The number of nitrogens with one attached hydrogen (secondary N) is 1. The topological polar surface area (TPSA) is 59.1 Å². The number of fused-ring (bicyclic) bond motifs is 1. The number of hydrogen-bond donors (Lipinski definition) is 1. The number of benzene rings is 1. The molecule has 3 saturated heterocycles. The van der Waals surface area contributed by atoms with Crippen molar-refractivity contribution in [2.75, 3.05) is 57.4 Å². The zero-order chi connectivity index (χ0) is 19.7. The molecule has 28 heavy (non-hydrogen) atoms. The fourth-order valence-corrected chi connectivity index (χ4v) is 4.72. The number of hydrazine groups is 1. The summed E-state index contributed by atoms with van der Waals surface area (Å²) in [7, 11) is 0. The van der Waals surface area contributed by atoms with E-state index in [0.29, 0.717) is 13.1 Å². The van der Waals surface area contributed by atoms with E-state index in [2.05, 4.69) is 29.1 Å². The summed E-state index contributed by atoms with van der Waals surface area (Å²) in [6.45, 7) is 11.0. The Morgan fingerprint density at radius 2 is 1.68 bits per heavy atom. The lowest BCUT2D eigenvalue weighted by molar-refractivity contribution is -0.141. The van der Waals surface area contributed by atoms with Crippen molar-refractivity contribution in [1.29, 1.82) is 0 Å². The standard InChI is InChI=1S/C21H31N5O2/c1-3-23-10-12-25(13-11-23)20(27)17-14-24(4-2)15-18-19(17)22-26(21(18)28)16-8-6-5-7-9-16/h5-9,17-19,22H,3-4,10-15H2,1-2H3. The van der Waals surface area contributed by atoms with Crippen LogP contribution in [-0.4, -0.2) is 84.9 Å². The van der Waals surface area contributed by atoms with Gasteiger partial charge < -0.3 is 14.7 Å². The van der Waals surface area contributed by atoms with E-state index in [4.69, 9.17) is 0 Å². The fraction of sp³-hybridized carbons (Fsp3) is 0.619. The third-order valence-corrected chi connectivity index (χ3v) is 6.50. The molecule has 7 heteroatoms. The maximum Gasteiger partial charge on any atom is 0.247 e. The minimum Gasteiger partial charge on any atom is -0.340 e. The molecule has 3 unspecified atom stereocenters. The Morgan fingerprint density at radius 3 is 2.32 bits per heavy atom. The number of piperidine rings is 1. The molecule has 1 aromatic rings. The molecule has 0 aliphatic carbocycles. The Balaban J connectivity index is 1.53. The van der Waals surface area contributed by atoms with E-state index >= 15 is 0 Å². The highest BCUT2D eigenvalue weighted by Crippen LogP contribution is 2.32. The predicted molar refractivity (Wildman–Crippen MR) is 109 cm³/mol. The third-order valence-electron chi connectivity index (χ3n) is 6.50. The average Bonchev–Trinajstić information content (AvgIpc) is 3.09. The largest absolute Gasteiger partial charge is 0.340 e. The molecular weight excluding hydrogens is 354 g/mol. The molecule has 3 aliphatic heterocycles. The second-order valence-corrected chi connectivity index (χ2v) is 7.99. The van der Waals surface area contributed by atoms with Gasteiger partial charge in [-0.1, -0.05) is 32.0 Å². The predicted octanol–water partition coefficient (Wildman–Crippen LogP) is 0.638. The van der Waals surface area contributed by atoms with Gasteiger partial charge in [-0.25, -0.2) is 10.4 Å². The van der Waals surface area contributed by atoms with Crippen LogP contribution in [0.1, 0.15) is 13.8 Å². The highest BCUT2D eigenvalue weighted by molar-refractivity contribution is 5.98. The number of hydrogen-bond acceptors (Lipinski definition) is 5. The maximum atomic E-state index is 13.4. The first kappa shape index (κ1) is 19.4. The lowest BCUT2D eigenvalue weighted by Gasteiger charge is -2.42. The van der Waals surface area contributed by atoms with Crippen LogP contribution in [0.15, 0.2) is 30.3 Å². The van der Waals surface area contributed by atoms with Crippen molar-refractivity contribution < 1.29 is 9.59 Å². The molecule has 1 aromatic carbocycles. The highest BCUT2D eigenvalue weighted by Gasteiger charge is 2.51. The third kappa shape index (κ3) is 3.54. The summed E-state index contributed by atoms with van der Waals surface area (Å²) in [5, 5.41) is 1.66. The SMILES string of the molecule is CCN1CCN(C(=O)C2CN(CC)CC3C(=O)N(c4ccccc4)NC23)CC1. The van der Waals surface area contributed by atoms with E-state index in [1.165, 1.54) is 0 Å². The zero-order valence-electron chi connectivity index (χ0n) is 16.9. The number of likely N-dealkylation sites (tertiary alicyclic amines) is 1. The van der Waals surface area contributed by atoms with Crippen LogP contribution in [0.2, 0.25) is 0 Å². The first-order chi connectivity index (χ1) is 13.6. The Bertz CT molecular complexity index is 704. The van der Waals surface area contributed by atoms with Crippen LogP contribution in [0.5, 0.6) is 0 Å². The quantitative estimate of drug-likeness (QED) is 0.824. The number of rotatable bonds is 4. The smallest absolute Gasteiger partial charge is 0.247 e. The van der Waals surface area contributed by atoms with Crippen LogP contribution < -0.4 is 10.4 Å². The van der Waals surface area contributed by atoms with Gasteiger partial charge in [0.2, 0.25) is 11.8 Å². The van der Waals surface area contributed by atoms with Crippen molar-refractivity contribution in [3.05, 3.63) is 30.3 Å². The Kier molecular flexibility index (Phi) is 5.66. The summed E-state index contributed by atoms with van der Waals surface area (Å²) in [5.41, 5.74) is 4.23. The van der Waals surface area contributed by atoms with E-state index < -0.39 is 0 Å². The second kappa shape index (κ2) is 8.19. The van der Waals surface area contributed by atoms with Crippen LogP contribution in [0.3, 0.4) is 0 Å². The van der Waals surface area contributed by atoms with Crippen molar-refractivity contribution in [3.63, 3.8) is 0 Å². The summed E-state index contributed by atoms with van der Waals surface area (Å²) < 4.78 is 0. The number of amides is 2. The number of anilines is 1. The molecule has 0 bridgehead atoms. The fourth-order valence-electron chi connectivity index (χ4n) is 4.72. The second-order valence-electron chi connectivity index (χ2n) is 7.99. The van der Waals surface area contributed by atoms with Crippen molar-refractivity contribution in [3.8, 4) is 0 Å². The zero-order valence-corrected chi connectivity index (χ0v) is 16.9. The van der Waals surface area contributed by atoms with E-state index in [-0.39, 0.29) is 29.7 Å². The van der Waals surface area contributed by atoms with Crippen LogP contribution in [0.4, 0.5) is 5.69 Å². The summed E-state index contributed by atoms with van der Waals surface area (Å²) in [6.07, 6.45) is 0. The lowest BCUT2D eigenvalue weighted by atomic mass is 9.83. The van der Waals surface area contributed by atoms with Crippen molar-refractivity contribution in [1.82, 2.24) is 20.1 Å². The number of para-hydroxylation sites is 1. The first-order valence-electron chi connectivity index (χ1n) is 10.5. The lowest BCUT2D eigenvalue weighted by Crippen LogP contribution is -2.59. The van der Waals surface area contributed by atoms with Gasteiger partial charge >= 0.3 is 0 Å². The molecule has 4 rings (SSSR count). The molecule has 1 N–H and O–H groups in total. The van der Waals surface area contributed by atoms with Gasteiger partial charge in [-0.15, -0.1) is 0 Å². The van der Waals surface area contributed by atoms with Gasteiger partial charge in [0.15, 0.2) is 0 Å². The number of carbonyl (C=O) groups is 2. The minimum atomic E-state index is -0.190. The van der Waals surface area contributed by atoms with Crippen LogP contribution in [0.25, 0.3) is 0 Å². The minimum absolute atomic E-state index is 0.0722. The molecule has 0 spiro atoms. The molecule has 0 saturated carbocycles. The van der Waals surface area contributed by atoms with Crippen LogP contribution in [-0.2, 0) is 9.59 Å². The van der Waals surface area contributed by atoms with Crippen molar-refractivity contribution >= 4 is 17.5 Å². The number of likely N-dealkylation sites (N-methyl/N-ethyl adjacent to an activating group) is 1. The van der Waals surface area contributed by atoms with E-state index in [0.717, 1.165) is 45.0 Å². The van der Waals surface area contributed by atoms with Crippen molar-refractivity contribution in [2.24, 2.45) is 11.8 Å². The van der Waals surface area contributed by atoms with E-state index in [9.17, 15) is 9.59 Å². The number of nitrogens with zero attached hydrogens (tertiary/aromatic N) is 4. The molecule has 152 valence electrons. The first-order valence-corrected chi connectivity index (χ1v) is 10.5. The Hall–Kier alpha value is -1.96. The average molecular weight is 386 g/mol. The van der Waals surface area contributed by atoms with Gasteiger partial charge in [-0.3, -0.25) is 9.59 Å². The molecule has 2 amide bonds. The molecule has 3 atom stereocenters. The molecule has 0 aromatic heterocycles. The molecule has 0 radical (unpaired) electrons. The molecule has 3 aliphatic rings. The van der Waals surface area contributed by atoms with Crippen LogP contribution in [0, 0.1) is 11.8 Å². The molecule has 3 heterocycles. The maximum absolute atomic E-state index is 13.4. The van der Waals surface area contributed by atoms with Crippen molar-refractivity contribution in [2.45, 2.75) is 19.9 Å². The van der Waals surface area contributed by atoms with E-state index in [1.807, 2.05) is 35.2 Å².